The summed E-state index contributed by atoms with van der Waals surface area (Å²) in [6.07, 6.45) is 4.66. The number of fused-ring (bicyclic) bond motifs is 1. The Morgan fingerprint density at radius 3 is 3.13 bits per heavy atom. The quantitative estimate of drug-likeness (QED) is 0.738. The second kappa shape index (κ2) is 7.55. The standard InChI is InChI=1S/C17H22N4OS/c1-12-13(11-19-21-12)5-4-9-18-17(22)20-15-8-10-23-16-7-3-2-6-14(15)16/h2-3,6-7,11,15H,4-5,8-10H2,1H3,(H,19,21)(H2,18,20,22). The Hall–Kier alpha value is -1.95. The first kappa shape index (κ1) is 15.9. The van der Waals surface area contributed by atoms with E-state index < -0.39 is 0 Å². The van der Waals surface area contributed by atoms with Crippen LogP contribution < -0.4 is 10.6 Å². The van der Waals surface area contributed by atoms with Gasteiger partial charge in [-0.2, -0.15) is 5.10 Å². The third kappa shape index (κ3) is 4.07. The minimum Gasteiger partial charge on any atom is -0.338 e. The normalized spacial score (nSPS) is 16.7. The summed E-state index contributed by atoms with van der Waals surface area (Å²) in [5, 5.41) is 13.0. The number of aromatic nitrogens is 2. The molecule has 0 saturated carbocycles. The van der Waals surface area contributed by atoms with Crippen LogP contribution in [0.2, 0.25) is 0 Å². The Morgan fingerprint density at radius 2 is 2.30 bits per heavy atom. The number of benzene rings is 1. The zero-order valence-electron chi connectivity index (χ0n) is 13.3. The first-order valence-corrected chi connectivity index (χ1v) is 8.97. The Bertz CT molecular complexity index is 670. The molecule has 3 N–H and O–H groups in total. The molecule has 3 rings (SSSR count). The number of amides is 2. The van der Waals surface area contributed by atoms with Crippen molar-refractivity contribution in [3.63, 3.8) is 0 Å². The van der Waals surface area contributed by atoms with E-state index in [1.807, 2.05) is 37.0 Å². The van der Waals surface area contributed by atoms with E-state index in [0.717, 1.165) is 30.7 Å². The van der Waals surface area contributed by atoms with Crippen molar-refractivity contribution in [3.05, 3.63) is 47.3 Å². The van der Waals surface area contributed by atoms with Crippen molar-refractivity contribution in [1.82, 2.24) is 20.8 Å². The lowest BCUT2D eigenvalue weighted by molar-refractivity contribution is 0.236. The van der Waals surface area contributed by atoms with Gasteiger partial charge in [-0.3, -0.25) is 5.10 Å². The van der Waals surface area contributed by atoms with Gasteiger partial charge in [-0.15, -0.1) is 11.8 Å². The van der Waals surface area contributed by atoms with Crippen molar-refractivity contribution in [2.45, 2.75) is 37.1 Å². The average molecular weight is 330 g/mol. The number of nitrogens with one attached hydrogen (secondary N) is 3. The molecular weight excluding hydrogens is 308 g/mol. The maximum absolute atomic E-state index is 12.1. The molecule has 23 heavy (non-hydrogen) atoms. The molecule has 2 aromatic rings. The number of thioether (sulfide) groups is 1. The van der Waals surface area contributed by atoms with Crippen LogP contribution in [0.25, 0.3) is 0 Å². The molecule has 1 atom stereocenters. The molecule has 2 amide bonds. The topological polar surface area (TPSA) is 69.8 Å². The number of carbonyl (C=O) groups is 1. The lowest BCUT2D eigenvalue weighted by Gasteiger charge is -2.25. The van der Waals surface area contributed by atoms with Crippen molar-refractivity contribution in [1.29, 1.82) is 0 Å². The monoisotopic (exact) mass is 330 g/mol. The molecule has 2 heterocycles. The summed E-state index contributed by atoms with van der Waals surface area (Å²) in [5.41, 5.74) is 3.55. The largest absolute Gasteiger partial charge is 0.338 e. The van der Waals surface area contributed by atoms with Crippen LogP contribution in [0.5, 0.6) is 0 Å². The second-order valence-corrected chi connectivity index (χ2v) is 6.89. The Labute approximate surface area is 140 Å². The van der Waals surface area contributed by atoms with Crippen LogP contribution in [-0.2, 0) is 6.42 Å². The fourth-order valence-corrected chi connectivity index (χ4v) is 3.93. The van der Waals surface area contributed by atoms with Gasteiger partial charge in [0, 0.05) is 22.9 Å². The Morgan fingerprint density at radius 1 is 1.43 bits per heavy atom. The Kier molecular flexibility index (Phi) is 5.23. The van der Waals surface area contributed by atoms with Gasteiger partial charge < -0.3 is 10.6 Å². The summed E-state index contributed by atoms with van der Waals surface area (Å²) in [4.78, 5) is 13.4. The Balaban J connectivity index is 1.44. The van der Waals surface area contributed by atoms with Crippen molar-refractivity contribution < 1.29 is 4.79 Å². The molecule has 0 fully saturated rings. The van der Waals surface area contributed by atoms with Crippen LogP contribution >= 0.6 is 11.8 Å². The SMILES string of the molecule is Cc1[nH]ncc1CCCNC(=O)NC1CCSc2ccccc21. The number of hydrogen-bond acceptors (Lipinski definition) is 3. The zero-order chi connectivity index (χ0) is 16.1. The van der Waals surface area contributed by atoms with Crippen LogP contribution in [0.3, 0.4) is 0 Å². The van der Waals surface area contributed by atoms with Crippen LogP contribution in [0.1, 0.15) is 35.7 Å². The third-order valence-electron chi connectivity index (χ3n) is 4.11. The van der Waals surface area contributed by atoms with Gasteiger partial charge in [-0.05, 0) is 43.4 Å². The number of carbonyl (C=O) groups excluding carboxylic acids is 1. The highest BCUT2D eigenvalue weighted by atomic mass is 32.2. The molecular formula is C17H22N4OS. The van der Waals surface area contributed by atoms with E-state index in [2.05, 4.69) is 33.0 Å². The fraction of sp³-hybridized carbons (Fsp3) is 0.412. The first-order valence-electron chi connectivity index (χ1n) is 7.99. The third-order valence-corrected chi connectivity index (χ3v) is 5.23. The molecule has 5 nitrogen and oxygen atoms in total. The number of aryl methyl sites for hydroxylation is 2. The minimum absolute atomic E-state index is 0.0828. The molecule has 0 radical (unpaired) electrons. The minimum atomic E-state index is -0.0828. The summed E-state index contributed by atoms with van der Waals surface area (Å²) in [7, 11) is 0. The van der Waals surface area contributed by atoms with E-state index in [-0.39, 0.29) is 12.1 Å². The lowest BCUT2D eigenvalue weighted by atomic mass is 10.0. The summed E-state index contributed by atoms with van der Waals surface area (Å²) >= 11 is 1.86. The van der Waals surface area contributed by atoms with Gasteiger partial charge in [0.25, 0.3) is 0 Å². The van der Waals surface area contributed by atoms with Crippen molar-refractivity contribution >= 4 is 17.8 Å². The lowest BCUT2D eigenvalue weighted by Crippen LogP contribution is -2.39. The molecule has 6 heteroatoms. The van der Waals surface area contributed by atoms with Gasteiger partial charge >= 0.3 is 6.03 Å². The van der Waals surface area contributed by atoms with E-state index in [4.69, 9.17) is 0 Å². The van der Waals surface area contributed by atoms with Crippen molar-refractivity contribution in [2.24, 2.45) is 0 Å². The van der Waals surface area contributed by atoms with E-state index >= 15 is 0 Å². The molecule has 122 valence electrons. The molecule has 1 aliphatic rings. The number of nitrogens with zero attached hydrogens (tertiary/aromatic N) is 1. The first-order chi connectivity index (χ1) is 11.2. The predicted molar refractivity (Wildman–Crippen MR) is 92.7 cm³/mol. The van der Waals surface area contributed by atoms with Crippen LogP contribution in [0.4, 0.5) is 4.79 Å². The zero-order valence-corrected chi connectivity index (χ0v) is 14.1. The van der Waals surface area contributed by atoms with Crippen molar-refractivity contribution in [2.75, 3.05) is 12.3 Å². The molecule has 0 saturated heterocycles. The molecule has 1 aromatic carbocycles. The van der Waals surface area contributed by atoms with E-state index in [1.165, 1.54) is 16.0 Å². The summed E-state index contributed by atoms with van der Waals surface area (Å²) in [5.74, 6) is 1.04. The molecule has 0 spiro atoms. The smallest absolute Gasteiger partial charge is 0.315 e. The predicted octanol–water partition coefficient (Wildman–Crippen LogP) is 3.19. The highest BCUT2D eigenvalue weighted by Crippen LogP contribution is 2.35. The fourth-order valence-electron chi connectivity index (χ4n) is 2.81. The summed E-state index contributed by atoms with van der Waals surface area (Å²) in [6, 6.07) is 8.34. The number of urea groups is 1. The molecule has 1 aliphatic heterocycles. The number of hydrogen-bond donors (Lipinski definition) is 3. The van der Waals surface area contributed by atoms with Gasteiger partial charge in [0.1, 0.15) is 0 Å². The maximum atomic E-state index is 12.1. The highest BCUT2D eigenvalue weighted by molar-refractivity contribution is 7.99. The van der Waals surface area contributed by atoms with Crippen LogP contribution in [0.15, 0.2) is 35.4 Å². The van der Waals surface area contributed by atoms with E-state index in [0.29, 0.717) is 6.54 Å². The van der Waals surface area contributed by atoms with Gasteiger partial charge in [0.2, 0.25) is 0 Å². The van der Waals surface area contributed by atoms with Gasteiger partial charge in [0.05, 0.1) is 12.2 Å². The molecule has 0 aliphatic carbocycles. The van der Waals surface area contributed by atoms with Crippen molar-refractivity contribution in [3.8, 4) is 0 Å². The van der Waals surface area contributed by atoms with Gasteiger partial charge in [-0.25, -0.2) is 4.79 Å². The number of rotatable bonds is 5. The highest BCUT2D eigenvalue weighted by Gasteiger charge is 2.21. The number of aromatic amines is 1. The molecule has 0 bridgehead atoms. The molecule has 1 unspecified atom stereocenters. The molecule has 1 aromatic heterocycles. The second-order valence-electron chi connectivity index (χ2n) is 5.75. The van der Waals surface area contributed by atoms with E-state index in [9.17, 15) is 4.79 Å². The number of H-pyrrole nitrogens is 1. The maximum Gasteiger partial charge on any atom is 0.315 e. The average Bonchev–Trinajstić information content (AvgIpc) is 2.97. The van der Waals surface area contributed by atoms with Crippen LogP contribution in [0, 0.1) is 6.92 Å². The van der Waals surface area contributed by atoms with E-state index in [1.54, 1.807) is 0 Å². The summed E-state index contributed by atoms with van der Waals surface area (Å²) < 4.78 is 0. The van der Waals surface area contributed by atoms with Gasteiger partial charge in [-0.1, -0.05) is 18.2 Å². The summed E-state index contributed by atoms with van der Waals surface area (Å²) in [6.45, 7) is 2.68. The van der Waals surface area contributed by atoms with Crippen LogP contribution in [-0.4, -0.2) is 28.5 Å². The van der Waals surface area contributed by atoms with Gasteiger partial charge in [0.15, 0.2) is 0 Å².